The zero-order valence-electron chi connectivity index (χ0n) is 15.1. The van der Waals surface area contributed by atoms with E-state index in [1.807, 2.05) is 30.3 Å². The van der Waals surface area contributed by atoms with E-state index in [-0.39, 0.29) is 11.8 Å². The lowest BCUT2D eigenvalue weighted by atomic mass is 10.00. The van der Waals surface area contributed by atoms with Gasteiger partial charge < -0.3 is 10.2 Å². The Labute approximate surface area is 151 Å². The lowest BCUT2D eigenvalue weighted by Gasteiger charge is -2.34. The zero-order chi connectivity index (χ0) is 17.5. The van der Waals surface area contributed by atoms with Crippen molar-refractivity contribution in [3.63, 3.8) is 0 Å². The van der Waals surface area contributed by atoms with Crippen LogP contribution in [0.2, 0.25) is 0 Å². The number of nitrogens with zero attached hydrogens (tertiary/aromatic N) is 1. The van der Waals surface area contributed by atoms with E-state index in [1.54, 1.807) is 4.90 Å². The van der Waals surface area contributed by atoms with Gasteiger partial charge in [-0.05, 0) is 37.2 Å². The minimum Gasteiger partial charge on any atom is -0.354 e. The third-order valence-corrected chi connectivity index (χ3v) is 5.60. The highest BCUT2D eigenvalue weighted by Crippen LogP contribution is 2.28. The van der Waals surface area contributed by atoms with Crippen molar-refractivity contribution >= 4 is 11.8 Å². The molecule has 1 aromatic carbocycles. The van der Waals surface area contributed by atoms with Gasteiger partial charge in [0.2, 0.25) is 11.8 Å². The molecule has 136 valence electrons. The van der Waals surface area contributed by atoms with Crippen LogP contribution < -0.4 is 5.32 Å². The maximum atomic E-state index is 12.9. The van der Waals surface area contributed by atoms with Crippen molar-refractivity contribution < 1.29 is 9.59 Å². The monoisotopic (exact) mass is 342 g/mol. The van der Waals surface area contributed by atoms with Crippen molar-refractivity contribution in [2.75, 3.05) is 13.1 Å². The molecule has 1 aliphatic heterocycles. The van der Waals surface area contributed by atoms with Gasteiger partial charge in [-0.2, -0.15) is 0 Å². The molecule has 1 aliphatic carbocycles. The molecule has 2 fully saturated rings. The summed E-state index contributed by atoms with van der Waals surface area (Å²) in [6, 6.07) is 9.22. The van der Waals surface area contributed by atoms with Crippen LogP contribution in [0, 0.1) is 5.92 Å². The summed E-state index contributed by atoms with van der Waals surface area (Å²) in [5.41, 5.74) is 0.908. The molecule has 3 rings (SSSR count). The van der Waals surface area contributed by atoms with E-state index in [0.29, 0.717) is 19.5 Å². The Balaban J connectivity index is 1.59. The van der Waals surface area contributed by atoms with Crippen LogP contribution in [-0.2, 0) is 9.59 Å². The first-order valence-electron chi connectivity index (χ1n) is 9.88. The fraction of sp³-hybridized carbons (Fsp3) is 0.619. The summed E-state index contributed by atoms with van der Waals surface area (Å²) in [6.45, 7) is 1.38. The molecule has 1 saturated heterocycles. The Bertz CT molecular complexity index is 567. The number of rotatable bonds is 7. The van der Waals surface area contributed by atoms with Gasteiger partial charge in [-0.3, -0.25) is 9.59 Å². The molecule has 2 aliphatic rings. The molecular weight excluding hydrogens is 312 g/mol. The lowest BCUT2D eigenvalue weighted by molar-refractivity contribution is -0.142. The quantitative estimate of drug-likeness (QED) is 0.766. The maximum absolute atomic E-state index is 12.9. The lowest BCUT2D eigenvalue weighted by Crippen LogP contribution is -2.45. The number of piperidine rings is 1. The van der Waals surface area contributed by atoms with Crippen molar-refractivity contribution in [3.05, 3.63) is 35.9 Å². The molecule has 1 unspecified atom stereocenters. The second-order valence-electron chi connectivity index (χ2n) is 7.44. The maximum Gasteiger partial charge on any atom is 0.247 e. The summed E-state index contributed by atoms with van der Waals surface area (Å²) in [6.07, 6.45) is 10.1. The van der Waals surface area contributed by atoms with Crippen LogP contribution in [0.5, 0.6) is 0 Å². The van der Waals surface area contributed by atoms with Gasteiger partial charge in [-0.1, -0.05) is 56.0 Å². The summed E-state index contributed by atoms with van der Waals surface area (Å²) in [5, 5.41) is 3.09. The number of nitrogens with one attached hydrogen (secondary N) is 1. The van der Waals surface area contributed by atoms with Crippen LogP contribution >= 0.6 is 0 Å². The predicted octanol–water partition coefficient (Wildman–Crippen LogP) is 3.83. The number of likely N-dealkylation sites (tertiary alicyclic amines) is 1. The highest BCUT2D eigenvalue weighted by Gasteiger charge is 2.32. The number of carbonyl (C=O) groups excluding carboxylic acids is 2. The third kappa shape index (κ3) is 4.83. The van der Waals surface area contributed by atoms with E-state index in [0.717, 1.165) is 30.7 Å². The molecular formula is C21H30N2O2. The first-order valence-corrected chi connectivity index (χ1v) is 9.88. The van der Waals surface area contributed by atoms with Crippen LogP contribution in [0.1, 0.15) is 69.4 Å². The summed E-state index contributed by atoms with van der Waals surface area (Å²) >= 11 is 0. The van der Waals surface area contributed by atoms with Gasteiger partial charge >= 0.3 is 0 Å². The molecule has 1 heterocycles. The molecule has 1 atom stereocenters. The Hall–Kier alpha value is -1.84. The van der Waals surface area contributed by atoms with Crippen LogP contribution in [0.4, 0.5) is 0 Å². The van der Waals surface area contributed by atoms with E-state index in [4.69, 9.17) is 0 Å². The van der Waals surface area contributed by atoms with Gasteiger partial charge in [-0.15, -0.1) is 0 Å². The van der Waals surface area contributed by atoms with E-state index in [2.05, 4.69) is 5.32 Å². The van der Waals surface area contributed by atoms with Crippen LogP contribution in [0.3, 0.4) is 0 Å². The minimum atomic E-state index is -0.486. The number of carbonyl (C=O) groups is 2. The van der Waals surface area contributed by atoms with Crippen molar-refractivity contribution in [2.45, 2.75) is 63.8 Å². The van der Waals surface area contributed by atoms with E-state index >= 15 is 0 Å². The van der Waals surface area contributed by atoms with Gasteiger partial charge in [0.05, 0.1) is 0 Å². The molecule has 0 radical (unpaired) electrons. The first-order chi connectivity index (χ1) is 12.3. The molecule has 2 amide bonds. The first kappa shape index (κ1) is 18.0. The van der Waals surface area contributed by atoms with E-state index in [9.17, 15) is 9.59 Å². The Morgan fingerprint density at radius 2 is 1.88 bits per heavy atom. The molecule has 4 heteroatoms. The normalized spacial score (nSPS) is 19.8. The number of hydrogen-bond acceptors (Lipinski definition) is 2. The predicted molar refractivity (Wildman–Crippen MR) is 98.9 cm³/mol. The number of amides is 2. The Morgan fingerprint density at radius 3 is 2.60 bits per heavy atom. The molecule has 1 saturated carbocycles. The Kier molecular flexibility index (Phi) is 6.48. The van der Waals surface area contributed by atoms with Crippen molar-refractivity contribution in [1.82, 2.24) is 10.2 Å². The van der Waals surface area contributed by atoms with Crippen LogP contribution in [0.15, 0.2) is 30.3 Å². The van der Waals surface area contributed by atoms with E-state index < -0.39 is 6.04 Å². The summed E-state index contributed by atoms with van der Waals surface area (Å²) in [7, 11) is 0. The molecule has 4 nitrogen and oxygen atoms in total. The zero-order valence-corrected chi connectivity index (χ0v) is 15.1. The molecule has 25 heavy (non-hydrogen) atoms. The van der Waals surface area contributed by atoms with Crippen molar-refractivity contribution in [2.24, 2.45) is 5.92 Å². The smallest absolute Gasteiger partial charge is 0.247 e. The van der Waals surface area contributed by atoms with Gasteiger partial charge in [0.15, 0.2) is 0 Å². The highest BCUT2D eigenvalue weighted by atomic mass is 16.2. The van der Waals surface area contributed by atoms with Crippen molar-refractivity contribution in [3.8, 4) is 0 Å². The molecule has 1 aromatic rings. The second kappa shape index (κ2) is 9.02. The van der Waals surface area contributed by atoms with Gasteiger partial charge in [-0.25, -0.2) is 0 Å². The summed E-state index contributed by atoms with van der Waals surface area (Å²) in [5.74, 6) is 0.916. The second-order valence-corrected chi connectivity index (χ2v) is 7.44. The number of hydrogen-bond donors (Lipinski definition) is 1. The SMILES string of the molecule is O=C(NCCCC1CCCC1)C(c1ccccc1)N1CCCCC1=O. The topological polar surface area (TPSA) is 49.4 Å². The molecule has 1 N–H and O–H groups in total. The van der Waals surface area contributed by atoms with Crippen LogP contribution in [0.25, 0.3) is 0 Å². The third-order valence-electron chi connectivity index (χ3n) is 5.60. The fourth-order valence-corrected chi connectivity index (χ4v) is 4.21. The van der Waals surface area contributed by atoms with Gasteiger partial charge in [0.1, 0.15) is 6.04 Å². The summed E-state index contributed by atoms with van der Waals surface area (Å²) in [4.78, 5) is 27.0. The fourth-order valence-electron chi connectivity index (χ4n) is 4.21. The van der Waals surface area contributed by atoms with Gasteiger partial charge in [0, 0.05) is 19.5 Å². The standard InChI is InChI=1S/C21H30N2O2/c24-19-14-6-7-16-23(19)20(18-12-2-1-3-13-18)21(25)22-15-8-11-17-9-4-5-10-17/h1-3,12-13,17,20H,4-11,14-16H2,(H,22,25). The van der Waals surface area contributed by atoms with Gasteiger partial charge in [0.25, 0.3) is 0 Å². The van der Waals surface area contributed by atoms with Crippen LogP contribution in [-0.4, -0.2) is 29.8 Å². The molecule has 0 bridgehead atoms. The molecule has 0 spiro atoms. The Morgan fingerprint density at radius 1 is 1.12 bits per heavy atom. The highest BCUT2D eigenvalue weighted by molar-refractivity contribution is 5.89. The minimum absolute atomic E-state index is 0.0344. The number of benzene rings is 1. The van der Waals surface area contributed by atoms with E-state index in [1.165, 1.54) is 32.1 Å². The van der Waals surface area contributed by atoms with Crippen molar-refractivity contribution in [1.29, 1.82) is 0 Å². The largest absolute Gasteiger partial charge is 0.354 e. The average molecular weight is 342 g/mol. The average Bonchev–Trinajstić information content (AvgIpc) is 3.15. The summed E-state index contributed by atoms with van der Waals surface area (Å²) < 4.78 is 0. The molecule has 0 aromatic heterocycles.